The van der Waals surface area contributed by atoms with Crippen LogP contribution in [-0.4, -0.2) is 69.5 Å². The van der Waals surface area contributed by atoms with Gasteiger partial charge in [-0.15, -0.1) is 0 Å². The Bertz CT molecular complexity index is 1030. The highest BCUT2D eigenvalue weighted by Gasteiger charge is 2.34. The SMILES string of the molecule is C[C@H]1CN(Cc2ccn3ncc(N4CCC(=O)NC4=O)c3c2)CCN1C(=O)C1CCC1. The van der Waals surface area contributed by atoms with E-state index in [1.165, 1.54) is 6.42 Å². The Balaban J connectivity index is 1.28. The third-order valence-electron chi connectivity index (χ3n) is 6.77. The lowest BCUT2D eigenvalue weighted by Crippen LogP contribution is -2.55. The molecule has 2 aromatic rings. The van der Waals surface area contributed by atoms with Gasteiger partial charge >= 0.3 is 6.03 Å². The van der Waals surface area contributed by atoms with Crippen molar-refractivity contribution in [3.05, 3.63) is 30.1 Å². The molecule has 2 aromatic heterocycles. The molecule has 3 fully saturated rings. The van der Waals surface area contributed by atoms with E-state index in [0.717, 1.165) is 50.1 Å². The highest BCUT2D eigenvalue weighted by Crippen LogP contribution is 2.30. The Morgan fingerprint density at radius 2 is 2.06 bits per heavy atom. The van der Waals surface area contributed by atoms with Crippen LogP contribution in [0.2, 0.25) is 0 Å². The highest BCUT2D eigenvalue weighted by atomic mass is 16.2. The summed E-state index contributed by atoms with van der Waals surface area (Å²) in [5, 5.41) is 6.73. The number of rotatable bonds is 4. The number of nitrogens with one attached hydrogen (secondary N) is 1. The molecule has 2 saturated heterocycles. The molecule has 9 heteroatoms. The van der Waals surface area contributed by atoms with Crippen molar-refractivity contribution in [2.24, 2.45) is 5.92 Å². The molecule has 9 nitrogen and oxygen atoms in total. The summed E-state index contributed by atoms with van der Waals surface area (Å²) in [5.74, 6) is 0.337. The summed E-state index contributed by atoms with van der Waals surface area (Å²) < 4.78 is 1.75. The monoisotopic (exact) mass is 424 g/mol. The number of amides is 4. The first-order chi connectivity index (χ1) is 15.0. The second kappa shape index (κ2) is 7.96. The van der Waals surface area contributed by atoms with E-state index >= 15 is 0 Å². The maximum Gasteiger partial charge on any atom is 0.328 e. The van der Waals surface area contributed by atoms with Crippen LogP contribution in [0, 0.1) is 5.92 Å². The van der Waals surface area contributed by atoms with Crippen molar-refractivity contribution in [3.63, 3.8) is 0 Å². The summed E-state index contributed by atoms with van der Waals surface area (Å²) in [6.07, 6.45) is 7.12. The Kier molecular flexibility index (Phi) is 5.13. The fourth-order valence-electron chi connectivity index (χ4n) is 4.76. The number of hydrogen-bond donors (Lipinski definition) is 1. The van der Waals surface area contributed by atoms with Gasteiger partial charge in [-0.05, 0) is 37.5 Å². The topological polar surface area (TPSA) is 90.3 Å². The third-order valence-corrected chi connectivity index (χ3v) is 6.77. The number of hydrogen-bond acceptors (Lipinski definition) is 5. The van der Waals surface area contributed by atoms with Gasteiger partial charge in [-0.3, -0.25) is 24.7 Å². The molecule has 1 aliphatic carbocycles. The number of aromatic nitrogens is 2. The predicted molar refractivity (Wildman–Crippen MR) is 114 cm³/mol. The number of imide groups is 1. The van der Waals surface area contributed by atoms with Crippen molar-refractivity contribution >= 4 is 29.0 Å². The average Bonchev–Trinajstić information content (AvgIpc) is 3.10. The normalized spacial score (nSPS) is 23.2. The minimum absolute atomic E-state index is 0.214. The maximum atomic E-state index is 12.6. The molecule has 0 bridgehead atoms. The van der Waals surface area contributed by atoms with E-state index in [9.17, 15) is 14.4 Å². The van der Waals surface area contributed by atoms with Gasteiger partial charge in [-0.25, -0.2) is 9.31 Å². The summed E-state index contributed by atoms with van der Waals surface area (Å²) in [7, 11) is 0. The molecule has 4 amide bonds. The van der Waals surface area contributed by atoms with Gasteiger partial charge in [0.25, 0.3) is 0 Å². The van der Waals surface area contributed by atoms with Crippen molar-refractivity contribution in [3.8, 4) is 0 Å². The lowest BCUT2D eigenvalue weighted by molar-refractivity contribution is -0.142. The molecule has 5 rings (SSSR count). The number of nitrogens with zero attached hydrogens (tertiary/aromatic N) is 5. The zero-order chi connectivity index (χ0) is 21.5. The van der Waals surface area contributed by atoms with E-state index in [1.54, 1.807) is 15.6 Å². The average molecular weight is 425 g/mol. The molecule has 1 atom stereocenters. The van der Waals surface area contributed by atoms with Crippen molar-refractivity contribution in [2.45, 2.75) is 45.2 Å². The van der Waals surface area contributed by atoms with Crippen LogP contribution in [0.1, 0.15) is 38.2 Å². The molecule has 0 aromatic carbocycles. The van der Waals surface area contributed by atoms with Gasteiger partial charge < -0.3 is 4.90 Å². The van der Waals surface area contributed by atoms with Gasteiger partial charge in [-0.1, -0.05) is 6.42 Å². The molecule has 3 aliphatic rings. The Hall–Kier alpha value is -2.94. The van der Waals surface area contributed by atoms with Gasteiger partial charge in [0.05, 0.1) is 17.4 Å². The zero-order valence-electron chi connectivity index (χ0n) is 17.8. The van der Waals surface area contributed by atoms with Crippen LogP contribution in [-0.2, 0) is 16.1 Å². The second-order valence-electron chi connectivity index (χ2n) is 8.89. The van der Waals surface area contributed by atoms with Crippen molar-refractivity contribution in [2.75, 3.05) is 31.1 Å². The third kappa shape index (κ3) is 3.78. The molecule has 0 spiro atoms. The number of fused-ring (bicyclic) bond motifs is 1. The van der Waals surface area contributed by atoms with Crippen LogP contribution in [0.25, 0.3) is 5.52 Å². The minimum Gasteiger partial charge on any atom is -0.337 e. The molecule has 164 valence electrons. The van der Waals surface area contributed by atoms with Crippen LogP contribution in [0.5, 0.6) is 0 Å². The first-order valence-corrected chi connectivity index (χ1v) is 11.1. The fourth-order valence-corrected chi connectivity index (χ4v) is 4.76. The second-order valence-corrected chi connectivity index (χ2v) is 8.89. The van der Waals surface area contributed by atoms with E-state index in [4.69, 9.17) is 0 Å². The lowest BCUT2D eigenvalue weighted by Gasteiger charge is -2.42. The molecule has 1 saturated carbocycles. The molecule has 31 heavy (non-hydrogen) atoms. The summed E-state index contributed by atoms with van der Waals surface area (Å²) in [5.41, 5.74) is 2.68. The summed E-state index contributed by atoms with van der Waals surface area (Å²) in [4.78, 5) is 42.4. The molecule has 0 unspecified atom stereocenters. The van der Waals surface area contributed by atoms with E-state index in [2.05, 4.69) is 33.2 Å². The van der Waals surface area contributed by atoms with Gasteiger partial charge in [0.1, 0.15) is 0 Å². The Labute approximate surface area is 181 Å². The quantitative estimate of drug-likeness (QED) is 0.806. The molecule has 0 radical (unpaired) electrons. The minimum atomic E-state index is -0.405. The van der Waals surface area contributed by atoms with Crippen LogP contribution in [0.4, 0.5) is 10.5 Å². The van der Waals surface area contributed by atoms with Gasteiger partial charge in [0.15, 0.2) is 0 Å². The number of piperazine rings is 1. The first-order valence-electron chi connectivity index (χ1n) is 11.1. The van der Waals surface area contributed by atoms with Crippen LogP contribution in [0.3, 0.4) is 0 Å². The van der Waals surface area contributed by atoms with E-state index in [1.807, 2.05) is 12.3 Å². The van der Waals surface area contributed by atoms with E-state index in [0.29, 0.717) is 18.1 Å². The molecule has 1 N–H and O–H groups in total. The first kappa shape index (κ1) is 20.0. The van der Waals surface area contributed by atoms with Gasteiger partial charge in [0.2, 0.25) is 11.8 Å². The summed E-state index contributed by atoms with van der Waals surface area (Å²) in [6, 6.07) is 3.91. The fraction of sp³-hybridized carbons (Fsp3) is 0.545. The van der Waals surface area contributed by atoms with Crippen molar-refractivity contribution in [1.29, 1.82) is 0 Å². The molecular formula is C22H28N6O3. The largest absolute Gasteiger partial charge is 0.337 e. The van der Waals surface area contributed by atoms with Gasteiger partial charge in [0, 0.05) is 57.3 Å². The maximum absolute atomic E-state index is 12.6. The number of carbonyl (C=O) groups is 3. The number of pyridine rings is 1. The van der Waals surface area contributed by atoms with E-state index in [-0.39, 0.29) is 24.3 Å². The number of carbonyl (C=O) groups excluding carboxylic acids is 3. The molecule has 2 aliphatic heterocycles. The summed E-state index contributed by atoms with van der Waals surface area (Å²) >= 11 is 0. The lowest BCUT2D eigenvalue weighted by atomic mass is 9.84. The Morgan fingerprint density at radius 3 is 2.77 bits per heavy atom. The standard InChI is InChI=1S/C22H28N6O3/c1-15-13-25(9-10-26(15)21(30)17-3-2-4-17)14-16-5-8-28-18(11-16)19(12-23-28)27-7-6-20(29)24-22(27)31/h5,8,11-12,15,17H,2-4,6-7,9-10,13-14H2,1H3,(H,24,29,31)/t15-/m0/s1. The van der Waals surface area contributed by atoms with Crippen molar-refractivity contribution < 1.29 is 14.4 Å². The van der Waals surface area contributed by atoms with Gasteiger partial charge in [-0.2, -0.15) is 5.10 Å². The molecular weight excluding hydrogens is 396 g/mol. The van der Waals surface area contributed by atoms with Crippen LogP contribution in [0.15, 0.2) is 24.5 Å². The van der Waals surface area contributed by atoms with Crippen molar-refractivity contribution in [1.82, 2.24) is 24.7 Å². The number of anilines is 1. The Morgan fingerprint density at radius 1 is 1.23 bits per heavy atom. The smallest absolute Gasteiger partial charge is 0.328 e. The highest BCUT2D eigenvalue weighted by molar-refractivity contribution is 6.07. The number of urea groups is 1. The molecule has 4 heterocycles. The zero-order valence-corrected chi connectivity index (χ0v) is 17.8. The van der Waals surface area contributed by atoms with Crippen LogP contribution < -0.4 is 10.2 Å². The van der Waals surface area contributed by atoms with Crippen LogP contribution >= 0.6 is 0 Å². The van der Waals surface area contributed by atoms with E-state index < -0.39 is 6.03 Å². The predicted octanol–water partition coefficient (Wildman–Crippen LogP) is 1.61. The summed E-state index contributed by atoms with van der Waals surface area (Å²) in [6.45, 7) is 5.76.